The molecule has 1 saturated carbocycles. The Hall–Kier alpha value is -2.88. The van der Waals surface area contributed by atoms with E-state index in [2.05, 4.69) is 52.1 Å². The van der Waals surface area contributed by atoms with Crippen molar-refractivity contribution in [3.8, 4) is 5.75 Å². The molecule has 1 unspecified atom stereocenters. The monoisotopic (exact) mass is 681 g/mol. The van der Waals surface area contributed by atoms with Crippen molar-refractivity contribution >= 4 is 39.0 Å². The number of amides is 2. The van der Waals surface area contributed by atoms with E-state index >= 15 is 0 Å². The van der Waals surface area contributed by atoms with E-state index in [9.17, 15) is 13.8 Å². The molecule has 5 atom stereocenters. The second kappa shape index (κ2) is 14.3. The van der Waals surface area contributed by atoms with Crippen LogP contribution in [0.15, 0.2) is 52.9 Å². The van der Waals surface area contributed by atoms with Crippen LogP contribution in [0.2, 0.25) is 5.02 Å². The molecule has 2 heterocycles. The Balaban J connectivity index is 1.44. The molecule has 2 aliphatic carbocycles. The quantitative estimate of drug-likeness (QED) is 0.341. The van der Waals surface area contributed by atoms with Gasteiger partial charge in [0.1, 0.15) is 15.7 Å². The molecule has 1 fully saturated rings. The number of anilines is 1. The molecule has 0 aromatic heterocycles. The molecule has 2 aliphatic heterocycles. The topological polar surface area (TPSA) is 97.3 Å². The molecule has 6 rings (SSSR count). The Labute approximate surface area is 284 Å². The first-order valence-electron chi connectivity index (χ1n) is 17.2. The molecule has 4 aliphatic rings. The fourth-order valence-corrected chi connectivity index (χ4v) is 9.62. The number of methoxy groups -OCH3 is 1. The number of nitrogens with zero attached hydrogens (tertiary/aromatic N) is 2. The SMILES string of the molecule is CC[C@H]1CN2C[C@@]3(CCCc4cc(Cl)ccc43)COc3ccc(cc32)C(=O)N=S(=O)(NC(=O)C2CCC2)CCC/C=C\[C@H](OC)[C@@H]1C. The number of carbonyl (C=O) groups is 2. The van der Waals surface area contributed by atoms with Gasteiger partial charge in [-0.25, -0.2) is 4.21 Å². The van der Waals surface area contributed by atoms with Crippen molar-refractivity contribution < 1.29 is 23.3 Å². The Morgan fingerprint density at radius 1 is 1.19 bits per heavy atom. The van der Waals surface area contributed by atoms with Gasteiger partial charge in [0, 0.05) is 42.1 Å². The lowest BCUT2D eigenvalue weighted by molar-refractivity contribution is -0.125. The van der Waals surface area contributed by atoms with Crippen LogP contribution in [0.5, 0.6) is 5.75 Å². The van der Waals surface area contributed by atoms with Gasteiger partial charge in [-0.15, -0.1) is 4.36 Å². The summed E-state index contributed by atoms with van der Waals surface area (Å²) in [5, 5.41) is 0.745. The Bertz CT molecular complexity index is 1650. The molecule has 1 N–H and O–H groups in total. The highest BCUT2D eigenvalue weighted by Gasteiger charge is 2.42. The minimum absolute atomic E-state index is 0.0951. The van der Waals surface area contributed by atoms with Gasteiger partial charge in [0.05, 0.1) is 24.2 Å². The van der Waals surface area contributed by atoms with Crippen LogP contribution < -0.4 is 14.4 Å². The van der Waals surface area contributed by atoms with Crippen molar-refractivity contribution in [2.24, 2.45) is 22.1 Å². The first kappa shape index (κ1) is 34.0. The number of hydrogen-bond donors (Lipinski definition) is 1. The van der Waals surface area contributed by atoms with Crippen LogP contribution in [0, 0.1) is 17.8 Å². The summed E-state index contributed by atoms with van der Waals surface area (Å²) in [7, 11) is -1.57. The summed E-state index contributed by atoms with van der Waals surface area (Å²) in [6.45, 7) is 6.45. The number of benzene rings is 2. The van der Waals surface area contributed by atoms with Crippen LogP contribution in [0.3, 0.4) is 0 Å². The number of nitrogens with one attached hydrogen (secondary N) is 1. The van der Waals surface area contributed by atoms with Gasteiger partial charge < -0.3 is 14.4 Å². The number of rotatable bonds is 4. The van der Waals surface area contributed by atoms with E-state index in [0.29, 0.717) is 43.2 Å². The van der Waals surface area contributed by atoms with Crippen LogP contribution in [-0.4, -0.2) is 54.7 Å². The Kier molecular flexibility index (Phi) is 10.4. The van der Waals surface area contributed by atoms with Crippen molar-refractivity contribution in [2.45, 2.75) is 83.2 Å². The summed E-state index contributed by atoms with van der Waals surface area (Å²) >= 11 is 6.45. The van der Waals surface area contributed by atoms with E-state index in [-0.39, 0.29) is 35.0 Å². The van der Waals surface area contributed by atoms with E-state index < -0.39 is 15.8 Å². The number of hydrogen-bond acceptors (Lipinski definition) is 6. The van der Waals surface area contributed by atoms with E-state index in [1.807, 2.05) is 18.2 Å². The van der Waals surface area contributed by atoms with Crippen molar-refractivity contribution in [3.05, 3.63) is 70.3 Å². The van der Waals surface area contributed by atoms with Gasteiger partial charge in [0.15, 0.2) is 0 Å². The van der Waals surface area contributed by atoms with Crippen molar-refractivity contribution in [1.82, 2.24) is 4.72 Å². The average Bonchev–Trinajstić information content (AvgIpc) is 3.16. The summed E-state index contributed by atoms with van der Waals surface area (Å²) in [5.41, 5.74) is 3.45. The molecule has 10 heteroatoms. The van der Waals surface area contributed by atoms with Gasteiger partial charge >= 0.3 is 0 Å². The van der Waals surface area contributed by atoms with Gasteiger partial charge in [0.25, 0.3) is 5.91 Å². The molecular formula is C37H48ClN3O5S. The first-order valence-corrected chi connectivity index (χ1v) is 19.3. The van der Waals surface area contributed by atoms with E-state index in [4.69, 9.17) is 21.1 Å². The van der Waals surface area contributed by atoms with Gasteiger partial charge in [-0.2, -0.15) is 0 Å². The minimum atomic E-state index is -3.32. The summed E-state index contributed by atoms with van der Waals surface area (Å²) in [6.07, 6.45) is 11.7. The highest BCUT2D eigenvalue weighted by Crippen LogP contribution is 2.45. The molecule has 2 bridgehead atoms. The third kappa shape index (κ3) is 7.27. The van der Waals surface area contributed by atoms with Crippen molar-refractivity contribution in [1.29, 1.82) is 0 Å². The van der Waals surface area contributed by atoms with Crippen LogP contribution in [-0.2, 0) is 31.3 Å². The van der Waals surface area contributed by atoms with Gasteiger partial charge in [0.2, 0.25) is 5.91 Å². The third-order valence-electron chi connectivity index (χ3n) is 10.9. The van der Waals surface area contributed by atoms with Crippen molar-refractivity contribution in [3.63, 3.8) is 0 Å². The molecule has 254 valence electrons. The van der Waals surface area contributed by atoms with E-state index in [1.165, 1.54) is 11.1 Å². The third-order valence-corrected chi connectivity index (χ3v) is 12.9. The predicted molar refractivity (Wildman–Crippen MR) is 188 cm³/mol. The molecule has 1 spiro atoms. The second-order valence-electron chi connectivity index (χ2n) is 13.9. The van der Waals surface area contributed by atoms with Gasteiger partial charge in [-0.1, -0.05) is 56.5 Å². The lowest BCUT2D eigenvalue weighted by Crippen LogP contribution is -2.47. The predicted octanol–water partition coefficient (Wildman–Crippen LogP) is 7.28. The molecule has 47 heavy (non-hydrogen) atoms. The summed E-state index contributed by atoms with van der Waals surface area (Å²) < 4.78 is 33.7. The highest BCUT2D eigenvalue weighted by molar-refractivity contribution is 7.92. The van der Waals surface area contributed by atoms with Crippen LogP contribution in [0.25, 0.3) is 0 Å². The fraction of sp³-hybridized carbons (Fsp3) is 0.568. The minimum Gasteiger partial charge on any atom is -0.490 e. The smallest absolute Gasteiger partial charge is 0.286 e. The summed E-state index contributed by atoms with van der Waals surface area (Å²) in [5.74, 6) is 0.275. The number of halogens is 1. The van der Waals surface area contributed by atoms with Gasteiger partial charge in [-0.3, -0.25) is 14.3 Å². The standard InChI is InChI=1S/C37H48ClN3O5S/c1-4-26-22-41-23-37(18-9-12-28-20-30(38)15-16-31(28)37)24-46-34-17-14-29(21-32(34)41)36(43)40-47(44,39-35(42)27-10-8-11-27)19-7-5-6-13-33(45-3)25(26)2/h6,13-17,20-21,25-27,33H,4-5,7-12,18-19,22-24H2,1-3H3,(H,39,40,42,43,44)/b13-6-/t25-,26+,33+,37+,47?/m1/s1. The number of carbonyl (C=O) groups excluding carboxylic acids is 2. The highest BCUT2D eigenvalue weighted by atomic mass is 35.5. The normalized spacial score (nSPS) is 30.7. The number of allylic oxidation sites excluding steroid dienone is 1. The zero-order chi connectivity index (χ0) is 33.2. The Morgan fingerprint density at radius 2 is 2.02 bits per heavy atom. The number of ether oxygens (including phenoxy) is 2. The Morgan fingerprint density at radius 3 is 2.77 bits per heavy atom. The lowest BCUT2D eigenvalue weighted by Gasteiger charge is -2.42. The lowest BCUT2D eigenvalue weighted by atomic mass is 9.70. The second-order valence-corrected chi connectivity index (χ2v) is 16.4. The molecule has 0 radical (unpaired) electrons. The fourth-order valence-electron chi connectivity index (χ4n) is 7.78. The zero-order valence-corrected chi connectivity index (χ0v) is 29.4. The van der Waals surface area contributed by atoms with Crippen LogP contribution >= 0.6 is 11.6 Å². The maximum atomic E-state index is 14.1. The molecule has 8 nitrogen and oxygen atoms in total. The molecule has 2 aromatic carbocycles. The van der Waals surface area contributed by atoms with Gasteiger partial charge in [-0.05, 0) is 98.2 Å². The van der Waals surface area contributed by atoms with Crippen LogP contribution in [0.4, 0.5) is 5.69 Å². The maximum absolute atomic E-state index is 14.1. The molecular weight excluding hydrogens is 634 g/mol. The summed E-state index contributed by atoms with van der Waals surface area (Å²) in [6, 6.07) is 11.6. The first-order chi connectivity index (χ1) is 22.6. The summed E-state index contributed by atoms with van der Waals surface area (Å²) in [4.78, 5) is 29.1. The largest absolute Gasteiger partial charge is 0.490 e. The van der Waals surface area contributed by atoms with Crippen molar-refractivity contribution in [2.75, 3.05) is 37.5 Å². The van der Waals surface area contributed by atoms with Crippen LogP contribution in [0.1, 0.15) is 86.7 Å². The molecule has 2 amide bonds. The average molecular weight is 682 g/mol. The van der Waals surface area contributed by atoms with E-state index in [1.54, 1.807) is 13.2 Å². The zero-order valence-electron chi connectivity index (χ0n) is 27.8. The molecule has 2 aromatic rings. The number of fused-ring (bicyclic) bond motifs is 3. The molecule has 0 saturated heterocycles. The maximum Gasteiger partial charge on any atom is 0.286 e. The van der Waals surface area contributed by atoms with E-state index in [0.717, 1.165) is 62.2 Å². The number of aryl methyl sites for hydroxylation is 1.